The highest BCUT2D eigenvalue weighted by molar-refractivity contribution is 9.10. The van der Waals surface area contributed by atoms with Gasteiger partial charge in [0.15, 0.2) is 5.03 Å². The largest absolute Gasteiger partial charge is 0.364 e. The van der Waals surface area contributed by atoms with Crippen molar-refractivity contribution >= 4 is 31.6 Å². The van der Waals surface area contributed by atoms with Gasteiger partial charge in [0.1, 0.15) is 0 Å². The first kappa shape index (κ1) is 24.1. The van der Waals surface area contributed by atoms with Gasteiger partial charge in [0.05, 0.1) is 37.1 Å². The van der Waals surface area contributed by atoms with Crippen LogP contribution in [0.5, 0.6) is 0 Å². The van der Waals surface area contributed by atoms with Gasteiger partial charge >= 0.3 is 0 Å². The Morgan fingerprint density at radius 3 is 2.38 bits per heavy atom. The zero-order chi connectivity index (χ0) is 24.1. The maximum atomic E-state index is 13.5. The van der Waals surface area contributed by atoms with Crippen LogP contribution in [-0.4, -0.2) is 49.9 Å². The molecule has 0 radical (unpaired) electrons. The number of nitrogens with zero attached hydrogens (tertiary/aromatic N) is 7. The van der Waals surface area contributed by atoms with Crippen molar-refractivity contribution in [2.45, 2.75) is 18.1 Å². The zero-order valence-electron chi connectivity index (χ0n) is 19.0. The van der Waals surface area contributed by atoms with Crippen molar-refractivity contribution < 1.29 is 8.42 Å². The van der Waals surface area contributed by atoms with Gasteiger partial charge in [0.25, 0.3) is 10.0 Å². The van der Waals surface area contributed by atoms with Crippen molar-refractivity contribution in [1.29, 1.82) is 0 Å². The van der Waals surface area contributed by atoms with Crippen LogP contribution in [0.2, 0.25) is 0 Å². The minimum absolute atomic E-state index is 0.0211. The van der Waals surface area contributed by atoms with Crippen LogP contribution in [0, 0.1) is 0 Å². The molecule has 0 fully saturated rings. The molecule has 0 spiro atoms. The van der Waals surface area contributed by atoms with E-state index >= 15 is 0 Å². The molecule has 3 aromatic heterocycles. The Bertz CT molecular complexity index is 1320. The maximum absolute atomic E-state index is 13.5. The van der Waals surface area contributed by atoms with Gasteiger partial charge in [-0.2, -0.15) is 4.31 Å². The molecule has 0 amide bonds. The van der Waals surface area contributed by atoms with E-state index in [1.165, 1.54) is 16.8 Å². The van der Waals surface area contributed by atoms with E-state index in [1.807, 2.05) is 60.3 Å². The topological polar surface area (TPSA) is 89.2 Å². The van der Waals surface area contributed by atoms with Crippen LogP contribution in [0.15, 0.2) is 83.2 Å². The molecule has 0 aliphatic rings. The number of halogens is 1. The fourth-order valence-corrected chi connectivity index (χ4v) is 5.16. The van der Waals surface area contributed by atoms with Crippen LogP contribution in [-0.2, 0) is 37.2 Å². The average molecular weight is 544 g/mol. The summed E-state index contributed by atoms with van der Waals surface area (Å²) in [5, 5.41) is 0.0211. The number of hydrogen-bond donors (Lipinski definition) is 0. The van der Waals surface area contributed by atoms with Gasteiger partial charge in [0, 0.05) is 55.9 Å². The van der Waals surface area contributed by atoms with E-state index in [2.05, 4.69) is 35.8 Å². The first-order chi connectivity index (χ1) is 16.3. The lowest BCUT2D eigenvalue weighted by molar-refractivity contribution is 0.402. The van der Waals surface area contributed by atoms with Crippen LogP contribution in [0.4, 0.5) is 5.69 Å². The van der Waals surface area contributed by atoms with Gasteiger partial charge < -0.3 is 14.0 Å². The highest BCUT2D eigenvalue weighted by Crippen LogP contribution is 2.22. The van der Waals surface area contributed by atoms with Crippen LogP contribution in [0.25, 0.3) is 0 Å². The van der Waals surface area contributed by atoms with E-state index < -0.39 is 10.0 Å². The van der Waals surface area contributed by atoms with Gasteiger partial charge in [-0.15, -0.1) is 0 Å². The summed E-state index contributed by atoms with van der Waals surface area (Å²) in [7, 11) is -0.130. The molecular weight excluding hydrogens is 518 g/mol. The molecule has 4 rings (SSSR count). The SMILES string of the molecule is Cn1cnc(S(=O)(=O)N(CCN(Cc2cncn2C)c2ccc(Br)cc2)Cc2ccccn2)c1. The second-order valence-electron chi connectivity index (χ2n) is 7.93. The molecule has 0 N–H and O–H groups in total. The quantitative estimate of drug-likeness (QED) is 0.305. The van der Waals surface area contributed by atoms with E-state index in [-0.39, 0.29) is 18.1 Å². The molecule has 1 aromatic carbocycles. The first-order valence-electron chi connectivity index (χ1n) is 10.7. The first-order valence-corrected chi connectivity index (χ1v) is 12.9. The molecule has 34 heavy (non-hydrogen) atoms. The minimum Gasteiger partial charge on any atom is -0.364 e. The lowest BCUT2D eigenvalue weighted by Crippen LogP contribution is -2.38. The number of pyridine rings is 1. The number of sulfonamides is 1. The maximum Gasteiger partial charge on any atom is 0.262 e. The molecular formula is C23H26BrN7O2S. The summed E-state index contributed by atoms with van der Waals surface area (Å²) in [4.78, 5) is 14.8. The van der Waals surface area contributed by atoms with Crippen LogP contribution < -0.4 is 4.90 Å². The molecule has 3 heterocycles. The molecule has 11 heteroatoms. The summed E-state index contributed by atoms with van der Waals surface area (Å²) in [6.45, 7) is 1.45. The van der Waals surface area contributed by atoms with E-state index in [1.54, 1.807) is 24.1 Å². The molecule has 0 bridgehead atoms. The normalized spacial score (nSPS) is 11.8. The summed E-state index contributed by atoms with van der Waals surface area (Å²) >= 11 is 3.48. The van der Waals surface area contributed by atoms with Crippen molar-refractivity contribution in [2.75, 3.05) is 18.0 Å². The number of rotatable bonds is 10. The molecule has 178 valence electrons. The lowest BCUT2D eigenvalue weighted by atomic mass is 10.2. The number of aromatic nitrogens is 5. The monoisotopic (exact) mass is 543 g/mol. The highest BCUT2D eigenvalue weighted by Gasteiger charge is 2.28. The van der Waals surface area contributed by atoms with E-state index in [9.17, 15) is 8.42 Å². The van der Waals surface area contributed by atoms with Gasteiger partial charge in [0.2, 0.25) is 0 Å². The average Bonchev–Trinajstić information content (AvgIpc) is 3.45. The highest BCUT2D eigenvalue weighted by atomic mass is 79.9. The van der Waals surface area contributed by atoms with E-state index in [0.717, 1.165) is 15.9 Å². The van der Waals surface area contributed by atoms with Crippen molar-refractivity contribution in [3.05, 3.63) is 89.6 Å². The molecule has 0 aliphatic heterocycles. The second-order valence-corrected chi connectivity index (χ2v) is 10.7. The molecule has 9 nitrogen and oxygen atoms in total. The molecule has 0 saturated heterocycles. The summed E-state index contributed by atoms with van der Waals surface area (Å²) in [5.74, 6) is 0. The number of imidazole rings is 2. The standard InChI is InChI=1S/C23H26BrN7O2S/c1-28-16-23(27-18-28)34(32,33)31(14-20-5-3-4-10-26-20)12-11-30(15-22-13-25-17-29(22)2)21-8-6-19(24)7-9-21/h3-10,13,16-18H,11-12,14-15H2,1-2H3. The van der Waals surface area contributed by atoms with E-state index in [0.29, 0.717) is 18.8 Å². The van der Waals surface area contributed by atoms with Crippen molar-refractivity contribution in [2.24, 2.45) is 14.1 Å². The fourth-order valence-electron chi connectivity index (χ4n) is 3.53. The summed E-state index contributed by atoms with van der Waals surface area (Å²) < 4.78 is 33.0. The Morgan fingerprint density at radius 1 is 0.971 bits per heavy atom. The predicted molar refractivity (Wildman–Crippen MR) is 133 cm³/mol. The lowest BCUT2D eigenvalue weighted by Gasteiger charge is -2.28. The van der Waals surface area contributed by atoms with E-state index in [4.69, 9.17) is 0 Å². The van der Waals surface area contributed by atoms with Gasteiger partial charge in [-0.1, -0.05) is 22.0 Å². The Morgan fingerprint density at radius 2 is 1.76 bits per heavy atom. The van der Waals surface area contributed by atoms with Gasteiger partial charge in [-0.25, -0.2) is 18.4 Å². The van der Waals surface area contributed by atoms with Crippen LogP contribution in [0.1, 0.15) is 11.4 Å². The Kier molecular flexibility index (Phi) is 7.44. The van der Waals surface area contributed by atoms with Crippen LogP contribution in [0.3, 0.4) is 0 Å². The predicted octanol–water partition coefficient (Wildman–Crippen LogP) is 3.21. The van der Waals surface area contributed by atoms with Crippen molar-refractivity contribution in [1.82, 2.24) is 28.4 Å². The molecule has 0 atom stereocenters. The Labute approximate surface area is 207 Å². The number of anilines is 1. The summed E-state index contributed by atoms with van der Waals surface area (Å²) in [6.07, 6.45) is 8.25. The second kappa shape index (κ2) is 10.5. The summed E-state index contributed by atoms with van der Waals surface area (Å²) in [6, 6.07) is 13.5. The number of hydrogen-bond acceptors (Lipinski definition) is 6. The molecule has 4 aromatic rings. The van der Waals surface area contributed by atoms with Crippen molar-refractivity contribution in [3.63, 3.8) is 0 Å². The third-order valence-electron chi connectivity index (χ3n) is 5.43. The third kappa shape index (κ3) is 5.72. The smallest absolute Gasteiger partial charge is 0.262 e. The number of benzene rings is 1. The zero-order valence-corrected chi connectivity index (χ0v) is 21.4. The van der Waals surface area contributed by atoms with Gasteiger partial charge in [-0.3, -0.25) is 4.98 Å². The Balaban J connectivity index is 1.62. The van der Waals surface area contributed by atoms with Gasteiger partial charge in [-0.05, 0) is 36.4 Å². The Hall–Kier alpha value is -3.02. The molecule has 0 aliphatic carbocycles. The third-order valence-corrected chi connectivity index (χ3v) is 7.69. The van der Waals surface area contributed by atoms with Crippen molar-refractivity contribution in [3.8, 4) is 0 Å². The molecule has 0 unspecified atom stereocenters. The summed E-state index contributed by atoms with van der Waals surface area (Å²) in [5.41, 5.74) is 2.67. The van der Waals surface area contributed by atoms with Crippen LogP contribution >= 0.6 is 15.9 Å². The minimum atomic E-state index is -3.82. The number of aryl methyl sites for hydroxylation is 2. The fraction of sp³-hybridized carbons (Fsp3) is 0.261. The molecule has 0 saturated carbocycles.